The van der Waals surface area contributed by atoms with E-state index in [1.54, 1.807) is 17.0 Å². The number of nitrogens with zero attached hydrogens (tertiary/aromatic N) is 1. The third-order valence-electron chi connectivity index (χ3n) is 4.07. The molecule has 0 atom stereocenters. The number of amides is 2. The predicted octanol–water partition coefficient (Wildman–Crippen LogP) is 3.13. The molecule has 6 heteroatoms. The van der Waals surface area contributed by atoms with Gasteiger partial charge in [-0.1, -0.05) is 31.9 Å². The second-order valence-corrected chi connectivity index (χ2v) is 5.97. The van der Waals surface area contributed by atoms with Crippen molar-refractivity contribution in [3.05, 3.63) is 47.9 Å². The molecule has 0 aliphatic carbocycles. The molecule has 1 aromatic carbocycles. The lowest BCUT2D eigenvalue weighted by Gasteiger charge is -2.28. The molecule has 0 radical (unpaired) electrons. The van der Waals surface area contributed by atoms with Gasteiger partial charge in [0.1, 0.15) is 11.5 Å². The second kappa shape index (κ2) is 7.88. The van der Waals surface area contributed by atoms with Crippen LogP contribution in [0.2, 0.25) is 0 Å². The number of unbranched alkanes of at least 4 members (excludes halogenated alkanes) is 2. The molecule has 132 valence electrons. The molecule has 2 aromatic rings. The molecule has 2 amide bonds. The summed E-state index contributed by atoms with van der Waals surface area (Å²) >= 11 is 0. The molecule has 0 bridgehead atoms. The summed E-state index contributed by atoms with van der Waals surface area (Å²) in [5, 5.41) is 2.84. The van der Waals surface area contributed by atoms with E-state index in [0.717, 1.165) is 19.3 Å². The summed E-state index contributed by atoms with van der Waals surface area (Å²) in [5.74, 6) is 1.13. The van der Waals surface area contributed by atoms with Gasteiger partial charge in [0.05, 0.1) is 12.2 Å². The Kier molecular flexibility index (Phi) is 5.38. The molecular formula is C19H22N2O4. The Bertz CT molecular complexity index is 753. The predicted molar refractivity (Wildman–Crippen MR) is 93.7 cm³/mol. The van der Waals surface area contributed by atoms with Crippen LogP contribution in [0.4, 0.5) is 5.69 Å². The smallest absolute Gasteiger partial charge is 0.286 e. The molecule has 0 unspecified atom stereocenters. The van der Waals surface area contributed by atoms with Crippen LogP contribution in [0.25, 0.3) is 0 Å². The summed E-state index contributed by atoms with van der Waals surface area (Å²) in [4.78, 5) is 25.9. The van der Waals surface area contributed by atoms with E-state index in [0.29, 0.717) is 23.7 Å². The van der Waals surface area contributed by atoms with E-state index in [9.17, 15) is 9.59 Å². The molecule has 1 aliphatic rings. The largest absolute Gasteiger partial charge is 0.482 e. The van der Waals surface area contributed by atoms with Crippen molar-refractivity contribution < 1.29 is 18.7 Å². The van der Waals surface area contributed by atoms with E-state index in [1.165, 1.54) is 0 Å². The number of hydrogen-bond acceptors (Lipinski definition) is 4. The van der Waals surface area contributed by atoms with Gasteiger partial charge in [0, 0.05) is 6.54 Å². The van der Waals surface area contributed by atoms with Crippen molar-refractivity contribution >= 4 is 17.5 Å². The van der Waals surface area contributed by atoms with Crippen LogP contribution >= 0.6 is 0 Å². The van der Waals surface area contributed by atoms with Gasteiger partial charge in [-0.2, -0.15) is 0 Å². The van der Waals surface area contributed by atoms with Gasteiger partial charge < -0.3 is 14.5 Å². The van der Waals surface area contributed by atoms with Crippen LogP contribution in [-0.4, -0.2) is 25.0 Å². The topological polar surface area (TPSA) is 71.8 Å². The number of fused-ring (bicyclic) bond motifs is 1. The molecular weight excluding hydrogens is 320 g/mol. The molecule has 1 aromatic heterocycles. The Balaban J connectivity index is 1.65. The van der Waals surface area contributed by atoms with Gasteiger partial charge in [-0.3, -0.25) is 14.5 Å². The van der Waals surface area contributed by atoms with E-state index in [2.05, 4.69) is 12.2 Å². The zero-order chi connectivity index (χ0) is 17.6. The highest BCUT2D eigenvalue weighted by molar-refractivity contribution is 5.97. The summed E-state index contributed by atoms with van der Waals surface area (Å²) < 4.78 is 11.0. The van der Waals surface area contributed by atoms with Crippen molar-refractivity contribution in [2.75, 3.05) is 18.1 Å². The highest BCUT2D eigenvalue weighted by Gasteiger charge is 2.26. The van der Waals surface area contributed by atoms with Crippen LogP contribution in [0.3, 0.4) is 0 Å². The van der Waals surface area contributed by atoms with Gasteiger partial charge in [-0.15, -0.1) is 0 Å². The lowest BCUT2D eigenvalue weighted by atomic mass is 10.2. The lowest BCUT2D eigenvalue weighted by Crippen LogP contribution is -2.38. The van der Waals surface area contributed by atoms with E-state index >= 15 is 0 Å². The molecule has 0 saturated heterocycles. The number of anilines is 1. The van der Waals surface area contributed by atoms with Crippen LogP contribution in [0.1, 0.15) is 42.5 Å². The molecule has 0 fully saturated rings. The van der Waals surface area contributed by atoms with Crippen LogP contribution in [0, 0.1) is 0 Å². The van der Waals surface area contributed by atoms with E-state index in [1.807, 2.05) is 24.3 Å². The monoisotopic (exact) mass is 342 g/mol. The first kappa shape index (κ1) is 17.1. The Morgan fingerprint density at radius 1 is 1.20 bits per heavy atom. The van der Waals surface area contributed by atoms with Crippen molar-refractivity contribution in [3.63, 3.8) is 0 Å². The van der Waals surface area contributed by atoms with Gasteiger partial charge in [0.2, 0.25) is 0 Å². The minimum Gasteiger partial charge on any atom is -0.482 e. The first-order valence-electron chi connectivity index (χ1n) is 8.58. The number of ether oxygens (including phenoxy) is 1. The van der Waals surface area contributed by atoms with Gasteiger partial charge in [0.25, 0.3) is 11.8 Å². The Labute approximate surface area is 146 Å². The highest BCUT2D eigenvalue weighted by atomic mass is 16.5. The lowest BCUT2D eigenvalue weighted by molar-refractivity contribution is -0.121. The normalized spacial score (nSPS) is 13.3. The van der Waals surface area contributed by atoms with Gasteiger partial charge in [0.15, 0.2) is 12.4 Å². The molecule has 0 spiro atoms. The number of carbonyl (C=O) groups excluding carboxylic acids is 2. The molecule has 6 nitrogen and oxygen atoms in total. The number of para-hydroxylation sites is 2. The minimum absolute atomic E-state index is 0.00247. The van der Waals surface area contributed by atoms with Crippen molar-refractivity contribution in [3.8, 4) is 5.75 Å². The number of furan rings is 1. The average Bonchev–Trinajstić information content (AvgIpc) is 3.10. The molecule has 2 heterocycles. The zero-order valence-electron chi connectivity index (χ0n) is 14.3. The molecule has 1 aliphatic heterocycles. The summed E-state index contributed by atoms with van der Waals surface area (Å²) in [6.45, 7) is 3.02. The van der Waals surface area contributed by atoms with Crippen LogP contribution in [-0.2, 0) is 11.3 Å². The maximum absolute atomic E-state index is 12.2. The van der Waals surface area contributed by atoms with Crippen LogP contribution in [0.5, 0.6) is 5.75 Å². The third-order valence-corrected chi connectivity index (χ3v) is 4.07. The maximum atomic E-state index is 12.2. The third kappa shape index (κ3) is 4.02. The SMILES string of the molecule is CCCCCNC(=O)c1ccc(CN2C(=O)COc3ccccc32)o1. The van der Waals surface area contributed by atoms with Crippen molar-refractivity contribution in [1.82, 2.24) is 5.32 Å². The standard InChI is InChI=1S/C19H22N2O4/c1-2-3-6-11-20-19(23)17-10-9-14(25-17)12-21-15-7-4-5-8-16(15)24-13-18(21)22/h4-5,7-10H,2-3,6,11-13H2,1H3,(H,20,23). The first-order valence-corrected chi connectivity index (χ1v) is 8.58. The highest BCUT2D eigenvalue weighted by Crippen LogP contribution is 2.32. The zero-order valence-corrected chi connectivity index (χ0v) is 14.3. The van der Waals surface area contributed by atoms with Crippen molar-refractivity contribution in [2.45, 2.75) is 32.7 Å². The Hall–Kier alpha value is -2.76. The summed E-state index contributed by atoms with van der Waals surface area (Å²) in [7, 11) is 0. The number of rotatable bonds is 7. The number of nitrogens with one attached hydrogen (secondary N) is 1. The number of carbonyl (C=O) groups is 2. The van der Waals surface area contributed by atoms with E-state index in [-0.39, 0.29) is 30.7 Å². The van der Waals surface area contributed by atoms with Crippen molar-refractivity contribution in [2.24, 2.45) is 0 Å². The fourth-order valence-corrected chi connectivity index (χ4v) is 2.73. The summed E-state index contributed by atoms with van der Waals surface area (Å²) in [5.41, 5.74) is 0.709. The molecule has 3 rings (SSSR count). The molecule has 25 heavy (non-hydrogen) atoms. The second-order valence-electron chi connectivity index (χ2n) is 5.97. The van der Waals surface area contributed by atoms with Crippen LogP contribution < -0.4 is 15.0 Å². The molecule has 0 saturated carbocycles. The summed E-state index contributed by atoms with van der Waals surface area (Å²) in [6, 6.07) is 10.7. The number of hydrogen-bond donors (Lipinski definition) is 1. The van der Waals surface area contributed by atoms with Crippen LogP contribution in [0.15, 0.2) is 40.8 Å². The Morgan fingerprint density at radius 2 is 2.04 bits per heavy atom. The minimum atomic E-state index is -0.226. The van der Waals surface area contributed by atoms with E-state index in [4.69, 9.17) is 9.15 Å². The number of benzene rings is 1. The summed E-state index contributed by atoms with van der Waals surface area (Å²) in [6.07, 6.45) is 3.15. The average molecular weight is 342 g/mol. The Morgan fingerprint density at radius 3 is 2.88 bits per heavy atom. The fourth-order valence-electron chi connectivity index (χ4n) is 2.73. The van der Waals surface area contributed by atoms with Gasteiger partial charge in [-0.05, 0) is 30.7 Å². The van der Waals surface area contributed by atoms with Gasteiger partial charge in [-0.25, -0.2) is 0 Å². The fraction of sp³-hybridized carbons (Fsp3) is 0.368. The first-order chi connectivity index (χ1) is 12.2. The maximum Gasteiger partial charge on any atom is 0.286 e. The molecule has 1 N–H and O–H groups in total. The van der Waals surface area contributed by atoms with Crippen molar-refractivity contribution in [1.29, 1.82) is 0 Å². The van der Waals surface area contributed by atoms with Gasteiger partial charge >= 0.3 is 0 Å². The van der Waals surface area contributed by atoms with E-state index < -0.39 is 0 Å². The quantitative estimate of drug-likeness (QED) is 0.785.